The number of ether oxygens (including phenoxy) is 1. The zero-order valence-corrected chi connectivity index (χ0v) is 19.3. The molecule has 1 amide bonds. The second-order valence-corrected chi connectivity index (χ2v) is 9.47. The summed E-state index contributed by atoms with van der Waals surface area (Å²) < 4.78 is 70.6. The SMILES string of the molecule is Cc1cc(C(C)(C)O)nc(N2C[C@H]3CN(C(=O)c4c(F)cccc4OC(F)(F)C(F)F)C[C@H]3C2)n1. The smallest absolute Gasteiger partial charge is 0.427 e. The Balaban J connectivity index is 1.49. The minimum absolute atomic E-state index is 0.0210. The van der Waals surface area contributed by atoms with Gasteiger partial charge in [-0.05, 0) is 39.0 Å². The van der Waals surface area contributed by atoms with Gasteiger partial charge in [-0.2, -0.15) is 17.6 Å². The molecule has 3 heterocycles. The summed E-state index contributed by atoms with van der Waals surface area (Å²) in [7, 11) is 0. The Hall–Kier alpha value is -3.02. The molecule has 0 saturated carbocycles. The molecule has 2 aliphatic heterocycles. The van der Waals surface area contributed by atoms with Crippen LogP contribution in [-0.4, -0.2) is 64.6 Å². The molecule has 2 fully saturated rings. The number of benzene rings is 1. The predicted octanol–water partition coefficient (Wildman–Crippen LogP) is 3.60. The van der Waals surface area contributed by atoms with Gasteiger partial charge in [-0.25, -0.2) is 14.4 Å². The van der Waals surface area contributed by atoms with Crippen molar-refractivity contribution in [3.05, 3.63) is 47.0 Å². The van der Waals surface area contributed by atoms with Crippen molar-refractivity contribution in [3.8, 4) is 5.75 Å². The molecular weight excluding hydrogens is 475 g/mol. The quantitative estimate of drug-likeness (QED) is 0.611. The van der Waals surface area contributed by atoms with Crippen LogP contribution in [0.1, 0.15) is 35.6 Å². The summed E-state index contributed by atoms with van der Waals surface area (Å²) in [6.45, 7) is 6.45. The van der Waals surface area contributed by atoms with Gasteiger partial charge < -0.3 is 19.6 Å². The third-order valence-corrected chi connectivity index (χ3v) is 6.21. The fourth-order valence-corrected chi connectivity index (χ4v) is 4.48. The van der Waals surface area contributed by atoms with Crippen LogP contribution in [0.2, 0.25) is 0 Å². The summed E-state index contributed by atoms with van der Waals surface area (Å²) in [5.41, 5.74) is -0.793. The van der Waals surface area contributed by atoms with Crippen LogP contribution in [0.4, 0.5) is 27.9 Å². The summed E-state index contributed by atoms with van der Waals surface area (Å²) in [6, 6.07) is 4.45. The Labute approximate surface area is 198 Å². The first-order valence-corrected chi connectivity index (χ1v) is 11.0. The van der Waals surface area contributed by atoms with E-state index in [-0.39, 0.29) is 24.9 Å². The first-order chi connectivity index (χ1) is 16.3. The Morgan fingerprint density at radius 2 is 1.77 bits per heavy atom. The highest BCUT2D eigenvalue weighted by atomic mass is 19.3. The van der Waals surface area contributed by atoms with Crippen LogP contribution in [0.5, 0.6) is 5.75 Å². The normalized spacial score (nSPS) is 20.5. The van der Waals surface area contributed by atoms with Gasteiger partial charge in [0.2, 0.25) is 5.95 Å². The van der Waals surface area contributed by atoms with Crippen molar-refractivity contribution in [2.45, 2.75) is 38.9 Å². The van der Waals surface area contributed by atoms with Crippen molar-refractivity contribution < 1.29 is 36.6 Å². The van der Waals surface area contributed by atoms with Crippen LogP contribution >= 0.6 is 0 Å². The van der Waals surface area contributed by atoms with Gasteiger partial charge in [-0.1, -0.05) is 6.07 Å². The molecule has 0 spiro atoms. The zero-order valence-electron chi connectivity index (χ0n) is 19.3. The molecule has 4 rings (SSSR count). The number of halogens is 5. The molecule has 1 N–H and O–H groups in total. The minimum atomic E-state index is -4.87. The van der Waals surface area contributed by atoms with Gasteiger partial charge in [-0.3, -0.25) is 4.79 Å². The predicted molar refractivity (Wildman–Crippen MR) is 115 cm³/mol. The Morgan fingerprint density at radius 3 is 2.34 bits per heavy atom. The molecule has 12 heteroatoms. The number of anilines is 1. The van der Waals surface area contributed by atoms with Gasteiger partial charge in [0.25, 0.3) is 5.91 Å². The number of nitrogens with zero attached hydrogens (tertiary/aromatic N) is 4. The van der Waals surface area contributed by atoms with E-state index < -0.39 is 41.2 Å². The molecule has 190 valence electrons. The van der Waals surface area contributed by atoms with E-state index in [1.807, 2.05) is 4.90 Å². The number of carbonyl (C=O) groups excluding carboxylic acids is 1. The molecule has 2 aliphatic rings. The van der Waals surface area contributed by atoms with Gasteiger partial charge in [0.05, 0.1) is 5.69 Å². The van der Waals surface area contributed by atoms with Crippen LogP contribution < -0.4 is 9.64 Å². The van der Waals surface area contributed by atoms with E-state index in [0.29, 0.717) is 30.4 Å². The summed E-state index contributed by atoms with van der Waals surface area (Å²) in [5, 5.41) is 10.3. The van der Waals surface area contributed by atoms with E-state index in [2.05, 4.69) is 14.7 Å². The lowest BCUT2D eigenvalue weighted by molar-refractivity contribution is -0.253. The van der Waals surface area contributed by atoms with Crippen molar-refractivity contribution in [2.75, 3.05) is 31.1 Å². The van der Waals surface area contributed by atoms with Crippen molar-refractivity contribution in [1.82, 2.24) is 14.9 Å². The highest BCUT2D eigenvalue weighted by Gasteiger charge is 2.46. The van der Waals surface area contributed by atoms with Crippen LogP contribution in [-0.2, 0) is 5.60 Å². The molecule has 0 bridgehead atoms. The fourth-order valence-electron chi connectivity index (χ4n) is 4.48. The molecule has 7 nitrogen and oxygen atoms in total. The number of amides is 1. The number of hydrogen-bond donors (Lipinski definition) is 1. The average molecular weight is 500 g/mol. The maximum atomic E-state index is 14.5. The van der Waals surface area contributed by atoms with E-state index in [1.165, 1.54) is 4.90 Å². The molecule has 0 unspecified atom stereocenters. The maximum absolute atomic E-state index is 14.5. The van der Waals surface area contributed by atoms with E-state index in [1.54, 1.807) is 26.8 Å². The summed E-state index contributed by atoms with van der Waals surface area (Å²) in [6.07, 6.45) is -9.02. The molecular formula is C23H25F5N4O3. The molecule has 0 radical (unpaired) electrons. The number of carbonyl (C=O) groups is 1. The molecule has 2 saturated heterocycles. The maximum Gasteiger partial charge on any atom is 0.461 e. The number of aromatic nitrogens is 2. The lowest BCUT2D eigenvalue weighted by Gasteiger charge is -2.25. The van der Waals surface area contributed by atoms with E-state index in [0.717, 1.165) is 18.2 Å². The topological polar surface area (TPSA) is 78.8 Å². The van der Waals surface area contributed by atoms with Crippen molar-refractivity contribution in [2.24, 2.45) is 11.8 Å². The van der Waals surface area contributed by atoms with Crippen LogP contribution in [0.15, 0.2) is 24.3 Å². The van der Waals surface area contributed by atoms with Gasteiger partial charge in [-0.15, -0.1) is 0 Å². The second-order valence-electron chi connectivity index (χ2n) is 9.47. The van der Waals surface area contributed by atoms with Crippen LogP contribution in [0.3, 0.4) is 0 Å². The number of rotatable bonds is 6. The highest BCUT2D eigenvalue weighted by molar-refractivity contribution is 5.97. The van der Waals surface area contributed by atoms with Crippen LogP contribution in [0.25, 0.3) is 0 Å². The first kappa shape index (κ1) is 25.1. The lowest BCUT2D eigenvalue weighted by Crippen LogP contribution is -2.37. The summed E-state index contributed by atoms with van der Waals surface area (Å²) in [5.74, 6) is -2.57. The molecule has 1 aromatic heterocycles. The number of hydrogen-bond acceptors (Lipinski definition) is 6. The van der Waals surface area contributed by atoms with Crippen molar-refractivity contribution >= 4 is 11.9 Å². The highest BCUT2D eigenvalue weighted by Crippen LogP contribution is 2.37. The molecule has 2 aromatic rings. The third kappa shape index (κ3) is 5.02. The second kappa shape index (κ2) is 8.89. The van der Waals surface area contributed by atoms with Crippen LogP contribution in [0, 0.1) is 24.6 Å². The summed E-state index contributed by atoms with van der Waals surface area (Å²) >= 11 is 0. The van der Waals surface area contributed by atoms with Gasteiger partial charge in [0, 0.05) is 43.7 Å². The zero-order chi connectivity index (χ0) is 25.7. The number of likely N-dealkylation sites (tertiary alicyclic amines) is 1. The average Bonchev–Trinajstić information content (AvgIpc) is 3.31. The summed E-state index contributed by atoms with van der Waals surface area (Å²) in [4.78, 5) is 25.2. The molecule has 1 aromatic carbocycles. The Bertz CT molecular complexity index is 1110. The fraction of sp³-hybridized carbons (Fsp3) is 0.522. The number of aliphatic hydroxyl groups is 1. The third-order valence-electron chi connectivity index (χ3n) is 6.21. The monoisotopic (exact) mass is 500 g/mol. The minimum Gasteiger partial charge on any atom is -0.427 e. The molecule has 0 aliphatic carbocycles. The van der Waals surface area contributed by atoms with Gasteiger partial charge >= 0.3 is 12.5 Å². The van der Waals surface area contributed by atoms with Gasteiger partial charge in [0.1, 0.15) is 22.7 Å². The number of aryl methyl sites for hydroxylation is 1. The van der Waals surface area contributed by atoms with Crippen molar-refractivity contribution in [3.63, 3.8) is 0 Å². The van der Waals surface area contributed by atoms with E-state index in [4.69, 9.17) is 0 Å². The number of fused-ring (bicyclic) bond motifs is 1. The van der Waals surface area contributed by atoms with E-state index >= 15 is 0 Å². The standard InChI is InChI=1S/C23H25F5N4O3/c1-12-7-17(22(2,3)34)30-21(29-12)32-10-13-8-31(9-14(13)11-32)19(33)18-15(24)5-4-6-16(18)35-23(27,28)20(25)26/h4-7,13-14,20,34H,8-11H2,1-3H3/t13-,14+. The number of alkyl halides is 4. The van der Waals surface area contributed by atoms with E-state index in [9.17, 15) is 31.9 Å². The van der Waals surface area contributed by atoms with Crippen molar-refractivity contribution in [1.29, 1.82) is 0 Å². The Kier molecular flexibility index (Phi) is 6.37. The first-order valence-electron chi connectivity index (χ1n) is 11.0. The molecule has 35 heavy (non-hydrogen) atoms. The Morgan fingerprint density at radius 1 is 1.14 bits per heavy atom. The largest absolute Gasteiger partial charge is 0.461 e. The van der Waals surface area contributed by atoms with Gasteiger partial charge in [0.15, 0.2) is 0 Å². The lowest BCUT2D eigenvalue weighted by atomic mass is 10.0. The molecule has 2 atom stereocenters.